The fourth-order valence-electron chi connectivity index (χ4n) is 3.85. The second-order valence-electron chi connectivity index (χ2n) is 7.18. The first kappa shape index (κ1) is 21.6. The van der Waals surface area contributed by atoms with Gasteiger partial charge in [-0.1, -0.05) is 11.6 Å². The number of benzene rings is 2. The van der Waals surface area contributed by atoms with Gasteiger partial charge in [-0.15, -0.1) is 0 Å². The number of nitrogens with zero attached hydrogens (tertiary/aromatic N) is 2. The molecular formula is C23H24BrClN2O2. The number of halogens is 2. The molecule has 0 bridgehead atoms. The van der Waals surface area contributed by atoms with Crippen LogP contribution in [0, 0.1) is 0 Å². The monoisotopic (exact) mass is 474 g/mol. The molecule has 0 saturated carbocycles. The van der Waals surface area contributed by atoms with Gasteiger partial charge in [0.1, 0.15) is 11.9 Å². The Kier molecular flexibility index (Phi) is 7.14. The van der Waals surface area contributed by atoms with Crippen molar-refractivity contribution in [3.8, 4) is 17.0 Å². The van der Waals surface area contributed by atoms with Gasteiger partial charge in [-0.3, -0.25) is 4.79 Å². The van der Waals surface area contributed by atoms with Gasteiger partial charge in [-0.05, 0) is 67.8 Å². The summed E-state index contributed by atoms with van der Waals surface area (Å²) in [6.07, 6.45) is 6.65. The summed E-state index contributed by atoms with van der Waals surface area (Å²) in [6, 6.07) is 15.2. The van der Waals surface area contributed by atoms with Gasteiger partial charge in [0.2, 0.25) is 5.78 Å². The van der Waals surface area contributed by atoms with E-state index in [4.69, 9.17) is 16.3 Å². The van der Waals surface area contributed by atoms with Crippen LogP contribution in [0.1, 0.15) is 35.4 Å². The Morgan fingerprint density at radius 3 is 2.48 bits per heavy atom. The first-order chi connectivity index (χ1) is 13.7. The van der Waals surface area contributed by atoms with Gasteiger partial charge in [-0.25, -0.2) is 9.13 Å². The molecule has 3 aromatic rings. The van der Waals surface area contributed by atoms with E-state index in [2.05, 4.69) is 27.5 Å². The van der Waals surface area contributed by atoms with Crippen molar-refractivity contribution in [1.82, 2.24) is 4.57 Å². The maximum Gasteiger partial charge on any atom is 0.257 e. The zero-order valence-electron chi connectivity index (χ0n) is 16.4. The summed E-state index contributed by atoms with van der Waals surface area (Å²) in [4.78, 5) is 12.8. The van der Waals surface area contributed by atoms with Gasteiger partial charge in [0.05, 0.1) is 13.7 Å². The summed E-state index contributed by atoms with van der Waals surface area (Å²) in [5, 5.41) is 0.642. The van der Waals surface area contributed by atoms with E-state index in [9.17, 15) is 4.79 Å². The number of aromatic nitrogens is 2. The minimum atomic E-state index is 0. The molecular weight excluding hydrogens is 452 g/mol. The van der Waals surface area contributed by atoms with Crippen LogP contribution in [0.2, 0.25) is 5.02 Å². The molecule has 0 fully saturated rings. The third-order valence-electron chi connectivity index (χ3n) is 5.36. The zero-order chi connectivity index (χ0) is 19.5. The number of hydrogen-bond acceptors (Lipinski definition) is 2. The Balaban J connectivity index is 0.00000240. The van der Waals surface area contributed by atoms with Crippen molar-refractivity contribution in [2.75, 3.05) is 7.11 Å². The molecule has 0 spiro atoms. The van der Waals surface area contributed by atoms with Crippen LogP contribution in [0.25, 0.3) is 11.3 Å². The van der Waals surface area contributed by atoms with Crippen molar-refractivity contribution in [3.05, 3.63) is 71.1 Å². The number of Topliss-reactive ketones (excluding diaryl/α,β-unsaturated/α-hetero) is 1. The molecule has 2 heterocycles. The number of ether oxygens (including phenoxy) is 1. The highest BCUT2D eigenvalue weighted by molar-refractivity contribution is 6.30. The van der Waals surface area contributed by atoms with Crippen LogP contribution in [0.3, 0.4) is 0 Å². The molecule has 6 heteroatoms. The second-order valence-corrected chi connectivity index (χ2v) is 7.62. The Hall–Kier alpha value is -2.11. The molecule has 4 nitrogen and oxygen atoms in total. The minimum absolute atomic E-state index is 0. The van der Waals surface area contributed by atoms with Crippen LogP contribution in [0.15, 0.2) is 54.7 Å². The Labute approximate surface area is 186 Å². The topological polar surface area (TPSA) is 35.1 Å². The number of rotatable bonds is 5. The smallest absolute Gasteiger partial charge is 0.257 e. The van der Waals surface area contributed by atoms with E-state index in [1.54, 1.807) is 31.4 Å². The van der Waals surface area contributed by atoms with Gasteiger partial charge in [0.15, 0.2) is 12.2 Å². The van der Waals surface area contributed by atoms with Crippen LogP contribution in [-0.2, 0) is 19.5 Å². The normalized spacial score (nSPS) is 13.2. The summed E-state index contributed by atoms with van der Waals surface area (Å²) in [5.41, 5.74) is 2.99. The van der Waals surface area contributed by atoms with Crippen molar-refractivity contribution in [2.24, 2.45) is 0 Å². The third kappa shape index (κ3) is 4.73. The van der Waals surface area contributed by atoms with E-state index in [1.807, 2.05) is 12.1 Å². The average molecular weight is 476 g/mol. The number of ketones is 1. The summed E-state index contributed by atoms with van der Waals surface area (Å²) in [7, 11) is 1.68. The lowest BCUT2D eigenvalue weighted by molar-refractivity contribution is -0.690. The first-order valence-corrected chi connectivity index (χ1v) is 10.1. The highest BCUT2D eigenvalue weighted by atomic mass is 79.9. The molecule has 2 aromatic carbocycles. The summed E-state index contributed by atoms with van der Waals surface area (Å²) >= 11 is 5.95. The van der Waals surface area contributed by atoms with Gasteiger partial charge >= 0.3 is 0 Å². The number of fused-ring (bicyclic) bond motifs is 1. The van der Waals surface area contributed by atoms with Gasteiger partial charge < -0.3 is 21.7 Å². The van der Waals surface area contributed by atoms with E-state index < -0.39 is 0 Å². The van der Waals surface area contributed by atoms with Crippen molar-refractivity contribution in [2.45, 2.75) is 38.8 Å². The quantitative estimate of drug-likeness (QED) is 0.416. The molecule has 0 aliphatic carbocycles. The fraction of sp³-hybridized carbons (Fsp3) is 0.304. The molecule has 0 amide bonds. The van der Waals surface area contributed by atoms with Gasteiger partial charge in [0, 0.05) is 22.6 Å². The molecule has 1 aliphatic rings. The second kappa shape index (κ2) is 9.59. The lowest BCUT2D eigenvalue weighted by Gasteiger charge is -2.04. The van der Waals surface area contributed by atoms with E-state index in [0.717, 1.165) is 42.8 Å². The maximum atomic E-state index is 12.8. The average Bonchev–Trinajstić information content (AvgIpc) is 2.89. The molecule has 1 aromatic heterocycles. The predicted octanol–water partition coefficient (Wildman–Crippen LogP) is 1.72. The van der Waals surface area contributed by atoms with Crippen molar-refractivity contribution >= 4 is 17.4 Å². The van der Waals surface area contributed by atoms with Crippen molar-refractivity contribution in [3.63, 3.8) is 0 Å². The number of carbonyl (C=O) groups is 1. The zero-order valence-corrected chi connectivity index (χ0v) is 18.7. The largest absolute Gasteiger partial charge is 1.00 e. The van der Waals surface area contributed by atoms with Gasteiger partial charge in [0.25, 0.3) is 5.82 Å². The minimum Gasteiger partial charge on any atom is -1.00 e. The molecule has 1 aliphatic heterocycles. The van der Waals surface area contributed by atoms with Crippen LogP contribution >= 0.6 is 11.6 Å². The molecule has 4 rings (SSSR count). The first-order valence-electron chi connectivity index (χ1n) is 9.71. The van der Waals surface area contributed by atoms with Crippen LogP contribution in [0.5, 0.6) is 5.75 Å². The standard InChI is InChI=1S/C23H24ClN2O2.BrH/c1-28-20-12-8-17(9-13-20)21-15-25(23-5-3-2-4-14-26(21)23)16-22(27)18-6-10-19(24)11-7-18;/h6-13,15H,2-5,14,16H2,1H3;1H/q+1;/p-1. The van der Waals surface area contributed by atoms with E-state index in [-0.39, 0.29) is 22.8 Å². The number of carbonyl (C=O) groups excluding carboxylic acids is 1. The number of imidazole rings is 1. The summed E-state index contributed by atoms with van der Waals surface area (Å²) in [6.45, 7) is 1.33. The van der Waals surface area contributed by atoms with E-state index >= 15 is 0 Å². The highest BCUT2D eigenvalue weighted by Crippen LogP contribution is 2.26. The predicted molar refractivity (Wildman–Crippen MR) is 110 cm³/mol. The van der Waals surface area contributed by atoms with Crippen molar-refractivity contribution < 1.29 is 31.1 Å². The molecule has 29 heavy (non-hydrogen) atoms. The summed E-state index contributed by atoms with van der Waals surface area (Å²) < 4.78 is 9.79. The Morgan fingerprint density at radius 1 is 1.07 bits per heavy atom. The van der Waals surface area contributed by atoms with E-state index in [1.165, 1.54) is 12.2 Å². The Bertz CT molecular complexity index is 981. The molecule has 0 unspecified atom stereocenters. The lowest BCUT2D eigenvalue weighted by atomic mass is 10.1. The fourth-order valence-corrected chi connectivity index (χ4v) is 3.98. The van der Waals surface area contributed by atoms with Crippen LogP contribution in [-0.4, -0.2) is 17.5 Å². The SMILES string of the molecule is COc1ccc(-c2c[n+](CC(=O)c3ccc(Cl)cc3)c3n2CCCCC3)cc1.[Br-]. The summed E-state index contributed by atoms with van der Waals surface area (Å²) in [5.74, 6) is 2.17. The highest BCUT2D eigenvalue weighted by Gasteiger charge is 2.27. The molecule has 0 radical (unpaired) electrons. The van der Waals surface area contributed by atoms with Crippen LogP contribution < -0.4 is 26.3 Å². The molecule has 0 N–H and O–H groups in total. The van der Waals surface area contributed by atoms with Crippen LogP contribution in [0.4, 0.5) is 0 Å². The van der Waals surface area contributed by atoms with Gasteiger partial charge in [-0.2, -0.15) is 0 Å². The third-order valence-corrected chi connectivity index (χ3v) is 5.61. The molecule has 0 atom stereocenters. The lowest BCUT2D eigenvalue weighted by Crippen LogP contribution is -3.00. The molecule has 152 valence electrons. The van der Waals surface area contributed by atoms with E-state index in [0.29, 0.717) is 17.1 Å². The Morgan fingerprint density at radius 2 is 1.79 bits per heavy atom. The molecule has 0 saturated heterocycles. The number of hydrogen-bond donors (Lipinski definition) is 0. The van der Waals surface area contributed by atoms with Crippen molar-refractivity contribution in [1.29, 1.82) is 0 Å². The maximum absolute atomic E-state index is 12.8. The number of methoxy groups -OCH3 is 1.